The highest BCUT2D eigenvalue weighted by atomic mass is 127. The monoisotopic (exact) mass is 520 g/mol. The summed E-state index contributed by atoms with van der Waals surface area (Å²) >= 11 is 0. The van der Waals surface area contributed by atoms with E-state index < -0.39 is 0 Å². The predicted molar refractivity (Wildman–Crippen MR) is 128 cm³/mol. The zero-order chi connectivity index (χ0) is 20.2. The van der Waals surface area contributed by atoms with Crippen molar-refractivity contribution in [1.29, 1.82) is 0 Å². The fraction of sp³-hybridized carbons (Fsp3) is 0.667. The van der Waals surface area contributed by atoms with Gasteiger partial charge in [-0.1, -0.05) is 26.0 Å². The Morgan fingerprint density at radius 3 is 2.66 bits per heavy atom. The fourth-order valence-corrected chi connectivity index (χ4v) is 3.15. The van der Waals surface area contributed by atoms with Crippen molar-refractivity contribution in [3.05, 3.63) is 29.8 Å². The molecule has 0 saturated carbocycles. The lowest BCUT2D eigenvalue weighted by atomic mass is 10.2. The van der Waals surface area contributed by atoms with E-state index in [4.69, 9.17) is 14.2 Å². The fourth-order valence-electron chi connectivity index (χ4n) is 3.15. The van der Waals surface area contributed by atoms with Crippen LogP contribution in [-0.2, 0) is 16.0 Å². The number of hydrogen-bond donors (Lipinski definition) is 2. The van der Waals surface area contributed by atoms with Crippen LogP contribution in [0.3, 0.4) is 0 Å². The molecular formula is C21H37IN4O3. The molecule has 8 heteroatoms. The van der Waals surface area contributed by atoms with Crippen LogP contribution in [-0.4, -0.2) is 77.1 Å². The molecule has 0 spiro atoms. The van der Waals surface area contributed by atoms with Crippen LogP contribution in [0.25, 0.3) is 0 Å². The minimum atomic E-state index is 0. The minimum Gasteiger partial charge on any atom is -0.491 e. The molecule has 2 rings (SSSR count). The van der Waals surface area contributed by atoms with Crippen molar-refractivity contribution in [3.63, 3.8) is 0 Å². The van der Waals surface area contributed by atoms with Gasteiger partial charge in [0.25, 0.3) is 0 Å². The maximum absolute atomic E-state index is 5.89. The summed E-state index contributed by atoms with van der Waals surface area (Å²) in [4.78, 5) is 6.79. The van der Waals surface area contributed by atoms with Crippen LogP contribution in [0.1, 0.15) is 19.4 Å². The average molecular weight is 520 g/mol. The predicted octanol–water partition coefficient (Wildman–Crippen LogP) is 2.35. The van der Waals surface area contributed by atoms with Crippen LogP contribution in [0.4, 0.5) is 0 Å². The van der Waals surface area contributed by atoms with Gasteiger partial charge in [0.2, 0.25) is 0 Å². The van der Waals surface area contributed by atoms with Gasteiger partial charge in [-0.05, 0) is 23.6 Å². The third-order valence-electron chi connectivity index (χ3n) is 4.51. The van der Waals surface area contributed by atoms with Gasteiger partial charge >= 0.3 is 0 Å². The van der Waals surface area contributed by atoms with E-state index in [0.717, 1.165) is 44.5 Å². The Bertz CT molecular complexity index is 584. The van der Waals surface area contributed by atoms with E-state index >= 15 is 0 Å². The van der Waals surface area contributed by atoms with Gasteiger partial charge < -0.3 is 24.8 Å². The molecule has 0 aromatic heterocycles. The number of aliphatic imine (C=N–C) groups is 1. The number of nitrogens with zero attached hydrogens (tertiary/aromatic N) is 2. The van der Waals surface area contributed by atoms with Crippen LogP contribution in [0.5, 0.6) is 5.75 Å². The molecule has 1 unspecified atom stereocenters. The average Bonchev–Trinajstić information content (AvgIpc) is 2.69. The van der Waals surface area contributed by atoms with Gasteiger partial charge in [-0.25, -0.2) is 0 Å². The Morgan fingerprint density at radius 1 is 1.24 bits per heavy atom. The highest BCUT2D eigenvalue weighted by Gasteiger charge is 2.21. The first-order chi connectivity index (χ1) is 13.6. The number of ether oxygens (including phenoxy) is 3. The maximum atomic E-state index is 5.89. The van der Waals surface area contributed by atoms with Gasteiger partial charge in [0.05, 0.1) is 19.3 Å². The first-order valence-corrected chi connectivity index (χ1v) is 10.1. The first kappa shape index (κ1) is 25.9. The zero-order valence-corrected chi connectivity index (χ0v) is 20.5. The van der Waals surface area contributed by atoms with E-state index in [1.807, 2.05) is 12.1 Å². The quantitative estimate of drug-likeness (QED) is 0.214. The van der Waals surface area contributed by atoms with Crippen molar-refractivity contribution in [1.82, 2.24) is 15.5 Å². The third kappa shape index (κ3) is 10.5. The van der Waals surface area contributed by atoms with E-state index in [1.165, 1.54) is 5.56 Å². The number of morpholine rings is 1. The van der Waals surface area contributed by atoms with Gasteiger partial charge in [-0.2, -0.15) is 0 Å². The van der Waals surface area contributed by atoms with Crippen molar-refractivity contribution < 1.29 is 14.2 Å². The molecule has 1 aromatic carbocycles. The van der Waals surface area contributed by atoms with Gasteiger partial charge in [-0.15, -0.1) is 24.0 Å². The largest absolute Gasteiger partial charge is 0.491 e. The SMILES string of the molecule is CN=C(NCc1ccc(OCCOC)cc1)NCC1CN(CC(C)C)CCO1.I. The van der Waals surface area contributed by atoms with Gasteiger partial charge in [0.15, 0.2) is 5.96 Å². The van der Waals surface area contributed by atoms with Crippen molar-refractivity contribution in [3.8, 4) is 5.75 Å². The molecule has 29 heavy (non-hydrogen) atoms. The second-order valence-electron chi connectivity index (χ2n) is 7.44. The first-order valence-electron chi connectivity index (χ1n) is 10.1. The molecule has 166 valence electrons. The van der Waals surface area contributed by atoms with E-state index in [2.05, 4.69) is 46.5 Å². The lowest BCUT2D eigenvalue weighted by Gasteiger charge is -2.34. The van der Waals surface area contributed by atoms with Gasteiger partial charge in [-0.3, -0.25) is 9.89 Å². The molecule has 1 heterocycles. The highest BCUT2D eigenvalue weighted by molar-refractivity contribution is 14.0. The Balaban J connectivity index is 0.00000420. The number of halogens is 1. The summed E-state index contributed by atoms with van der Waals surface area (Å²) in [5, 5.41) is 6.73. The summed E-state index contributed by atoms with van der Waals surface area (Å²) in [5.74, 6) is 2.31. The zero-order valence-electron chi connectivity index (χ0n) is 18.1. The molecule has 1 atom stereocenters. The van der Waals surface area contributed by atoms with Crippen LogP contribution in [0, 0.1) is 5.92 Å². The molecule has 1 aliphatic rings. The van der Waals surface area contributed by atoms with E-state index in [1.54, 1.807) is 14.2 Å². The van der Waals surface area contributed by atoms with Crippen LogP contribution >= 0.6 is 24.0 Å². The van der Waals surface area contributed by atoms with E-state index in [0.29, 0.717) is 25.7 Å². The molecular weight excluding hydrogens is 483 g/mol. The Hall–Kier alpha value is -1.10. The van der Waals surface area contributed by atoms with Crippen LogP contribution in [0.15, 0.2) is 29.3 Å². The topological polar surface area (TPSA) is 67.4 Å². The molecule has 0 amide bonds. The summed E-state index contributed by atoms with van der Waals surface area (Å²) in [6.45, 7) is 11.0. The van der Waals surface area contributed by atoms with Crippen molar-refractivity contribution in [2.75, 3.05) is 60.2 Å². The summed E-state index contributed by atoms with van der Waals surface area (Å²) in [6.07, 6.45) is 0.189. The van der Waals surface area contributed by atoms with Gasteiger partial charge in [0, 0.05) is 46.9 Å². The number of guanidine groups is 1. The number of methoxy groups -OCH3 is 1. The van der Waals surface area contributed by atoms with Crippen LogP contribution in [0.2, 0.25) is 0 Å². The lowest BCUT2D eigenvalue weighted by molar-refractivity contribution is -0.0284. The number of benzene rings is 1. The molecule has 1 aliphatic heterocycles. The number of nitrogens with one attached hydrogen (secondary N) is 2. The normalized spacial score (nSPS) is 17.7. The summed E-state index contributed by atoms with van der Waals surface area (Å²) in [7, 11) is 3.45. The molecule has 0 bridgehead atoms. The summed E-state index contributed by atoms with van der Waals surface area (Å²) < 4.78 is 16.5. The van der Waals surface area contributed by atoms with Gasteiger partial charge in [0.1, 0.15) is 12.4 Å². The summed E-state index contributed by atoms with van der Waals surface area (Å²) in [5.41, 5.74) is 1.17. The number of hydrogen-bond acceptors (Lipinski definition) is 5. The van der Waals surface area contributed by atoms with Crippen LogP contribution < -0.4 is 15.4 Å². The van der Waals surface area contributed by atoms with E-state index in [9.17, 15) is 0 Å². The Morgan fingerprint density at radius 2 is 2.00 bits per heavy atom. The maximum Gasteiger partial charge on any atom is 0.191 e. The second-order valence-corrected chi connectivity index (χ2v) is 7.44. The Kier molecular flexibility index (Phi) is 13.2. The second kappa shape index (κ2) is 14.8. The van der Waals surface area contributed by atoms with Crippen molar-refractivity contribution in [2.45, 2.75) is 26.5 Å². The highest BCUT2D eigenvalue weighted by Crippen LogP contribution is 2.12. The Labute approximate surface area is 192 Å². The minimum absolute atomic E-state index is 0. The smallest absolute Gasteiger partial charge is 0.191 e. The molecule has 0 radical (unpaired) electrons. The molecule has 1 saturated heterocycles. The molecule has 7 nitrogen and oxygen atoms in total. The molecule has 0 aliphatic carbocycles. The van der Waals surface area contributed by atoms with E-state index in [-0.39, 0.29) is 30.1 Å². The van der Waals surface area contributed by atoms with Crippen molar-refractivity contribution >= 4 is 29.9 Å². The molecule has 1 aromatic rings. The molecule has 2 N–H and O–H groups in total. The third-order valence-corrected chi connectivity index (χ3v) is 4.51. The summed E-state index contributed by atoms with van der Waals surface area (Å²) in [6, 6.07) is 8.05. The number of rotatable bonds is 10. The molecule has 1 fully saturated rings. The van der Waals surface area contributed by atoms with Crippen molar-refractivity contribution in [2.24, 2.45) is 10.9 Å². The standard InChI is InChI=1S/C21H36N4O3.HI/c1-17(2)15-25-9-10-27-20(16-25)14-24-21(22-3)23-13-18-5-7-19(8-6-18)28-12-11-26-4;/h5-8,17,20H,9-16H2,1-4H3,(H2,22,23,24);1H. The lowest BCUT2D eigenvalue weighted by Crippen LogP contribution is -2.50.